The number of para-hydroxylation sites is 1. The molecule has 1 saturated carbocycles. The van der Waals surface area contributed by atoms with Crippen molar-refractivity contribution in [1.82, 2.24) is 5.32 Å². The third-order valence-electron chi connectivity index (χ3n) is 3.94. The van der Waals surface area contributed by atoms with Crippen LogP contribution in [-0.4, -0.2) is 44.0 Å². The Bertz CT molecular complexity index is 517. The molecule has 0 heterocycles. The Hall–Kier alpha value is -1.59. The summed E-state index contributed by atoms with van der Waals surface area (Å²) in [5.41, 5.74) is 1.08. The highest BCUT2D eigenvalue weighted by molar-refractivity contribution is 5.83. The van der Waals surface area contributed by atoms with Crippen molar-refractivity contribution in [3.8, 4) is 5.75 Å². The lowest BCUT2D eigenvalue weighted by Gasteiger charge is -2.13. The van der Waals surface area contributed by atoms with E-state index in [2.05, 4.69) is 19.2 Å². The Kier molecular flexibility index (Phi) is 6.42. The van der Waals surface area contributed by atoms with E-state index in [9.17, 15) is 9.90 Å². The van der Waals surface area contributed by atoms with Gasteiger partial charge in [-0.1, -0.05) is 32.0 Å². The third-order valence-corrected chi connectivity index (χ3v) is 3.94. The van der Waals surface area contributed by atoms with E-state index < -0.39 is 6.10 Å². The number of hydrogen-bond acceptors (Lipinski definition) is 4. The molecule has 0 radical (unpaired) electrons. The standard InChI is InChI=1S/C18H27NO4/c1-12(2)10-23-11-13(20)9-19-18(21)16-8-15(16)14-6-4-5-7-17(14)22-3/h4-7,12-13,15-16,20H,8-11H2,1-3H3,(H,19,21)/t13-,15-,16-/m0/s1. The summed E-state index contributed by atoms with van der Waals surface area (Å²) in [6, 6.07) is 7.80. The second-order valence-corrected chi connectivity index (χ2v) is 6.52. The molecule has 128 valence electrons. The zero-order chi connectivity index (χ0) is 16.8. The summed E-state index contributed by atoms with van der Waals surface area (Å²) in [5.74, 6) is 1.43. The van der Waals surface area contributed by atoms with Gasteiger partial charge >= 0.3 is 0 Å². The van der Waals surface area contributed by atoms with E-state index in [1.54, 1.807) is 7.11 Å². The molecule has 2 rings (SSSR count). The van der Waals surface area contributed by atoms with Crippen LogP contribution in [0.1, 0.15) is 31.7 Å². The van der Waals surface area contributed by atoms with Crippen LogP contribution in [0.2, 0.25) is 0 Å². The van der Waals surface area contributed by atoms with Crippen molar-refractivity contribution in [3.05, 3.63) is 29.8 Å². The number of aliphatic hydroxyl groups is 1. The van der Waals surface area contributed by atoms with Crippen molar-refractivity contribution in [3.63, 3.8) is 0 Å². The van der Waals surface area contributed by atoms with E-state index in [0.29, 0.717) is 12.5 Å². The Labute approximate surface area is 138 Å². The summed E-state index contributed by atoms with van der Waals surface area (Å²) < 4.78 is 10.7. The lowest BCUT2D eigenvalue weighted by atomic mass is 10.1. The molecule has 1 aromatic carbocycles. The fourth-order valence-electron chi connectivity index (χ4n) is 2.65. The lowest BCUT2D eigenvalue weighted by molar-refractivity contribution is -0.123. The number of aliphatic hydroxyl groups excluding tert-OH is 1. The molecular formula is C18H27NO4. The Morgan fingerprint density at radius 3 is 2.78 bits per heavy atom. The Morgan fingerprint density at radius 2 is 2.09 bits per heavy atom. The molecule has 3 atom stereocenters. The molecule has 0 bridgehead atoms. The summed E-state index contributed by atoms with van der Waals surface area (Å²) >= 11 is 0. The van der Waals surface area contributed by atoms with Gasteiger partial charge in [-0.2, -0.15) is 0 Å². The predicted molar refractivity (Wildman–Crippen MR) is 88.5 cm³/mol. The second-order valence-electron chi connectivity index (χ2n) is 6.52. The summed E-state index contributed by atoms with van der Waals surface area (Å²) in [4.78, 5) is 12.2. The van der Waals surface area contributed by atoms with E-state index in [0.717, 1.165) is 17.7 Å². The maximum atomic E-state index is 12.2. The summed E-state index contributed by atoms with van der Waals surface area (Å²) in [5, 5.41) is 12.6. The molecule has 1 aromatic rings. The first-order valence-electron chi connectivity index (χ1n) is 8.19. The molecule has 1 fully saturated rings. The minimum atomic E-state index is -0.666. The van der Waals surface area contributed by atoms with Gasteiger partial charge in [0.1, 0.15) is 5.75 Å². The first-order chi connectivity index (χ1) is 11.0. The van der Waals surface area contributed by atoms with Gasteiger partial charge in [-0.05, 0) is 29.9 Å². The number of carbonyl (C=O) groups is 1. The van der Waals surface area contributed by atoms with Crippen LogP contribution in [0, 0.1) is 11.8 Å². The van der Waals surface area contributed by atoms with Crippen LogP contribution in [0.4, 0.5) is 0 Å². The maximum Gasteiger partial charge on any atom is 0.223 e. The van der Waals surface area contributed by atoms with Gasteiger partial charge < -0.3 is 19.9 Å². The quantitative estimate of drug-likeness (QED) is 0.729. The van der Waals surface area contributed by atoms with Gasteiger partial charge in [0.15, 0.2) is 0 Å². The Balaban J connectivity index is 1.73. The summed E-state index contributed by atoms with van der Waals surface area (Å²) in [6.45, 7) is 5.20. The smallest absolute Gasteiger partial charge is 0.223 e. The van der Waals surface area contributed by atoms with E-state index in [1.165, 1.54) is 0 Å². The number of benzene rings is 1. The summed E-state index contributed by atoms with van der Waals surface area (Å²) in [6.07, 6.45) is 0.160. The van der Waals surface area contributed by atoms with Crippen molar-refractivity contribution in [2.24, 2.45) is 11.8 Å². The topological polar surface area (TPSA) is 67.8 Å². The van der Waals surface area contributed by atoms with Crippen LogP contribution >= 0.6 is 0 Å². The number of methoxy groups -OCH3 is 1. The highest BCUT2D eigenvalue weighted by atomic mass is 16.5. The zero-order valence-corrected chi connectivity index (χ0v) is 14.1. The molecule has 5 heteroatoms. The van der Waals surface area contributed by atoms with Crippen molar-refractivity contribution in [2.75, 3.05) is 26.9 Å². The number of rotatable bonds is 9. The van der Waals surface area contributed by atoms with Crippen LogP contribution in [0.25, 0.3) is 0 Å². The van der Waals surface area contributed by atoms with E-state index in [4.69, 9.17) is 9.47 Å². The van der Waals surface area contributed by atoms with Gasteiger partial charge in [0, 0.05) is 19.1 Å². The average Bonchev–Trinajstić information content (AvgIpc) is 3.32. The van der Waals surface area contributed by atoms with Gasteiger partial charge in [0.25, 0.3) is 0 Å². The van der Waals surface area contributed by atoms with Gasteiger partial charge in [0.2, 0.25) is 5.91 Å². The highest BCUT2D eigenvalue weighted by Gasteiger charge is 2.45. The number of hydrogen-bond donors (Lipinski definition) is 2. The van der Waals surface area contributed by atoms with Crippen molar-refractivity contribution in [1.29, 1.82) is 0 Å². The molecule has 1 amide bonds. The predicted octanol–water partition coefficient (Wildman–Crippen LogP) is 1.95. The molecule has 23 heavy (non-hydrogen) atoms. The first-order valence-corrected chi connectivity index (χ1v) is 8.19. The third kappa shape index (κ3) is 5.22. The van der Waals surface area contributed by atoms with Crippen LogP contribution in [0.15, 0.2) is 24.3 Å². The molecule has 0 unspecified atom stereocenters. The largest absolute Gasteiger partial charge is 0.496 e. The molecule has 2 N–H and O–H groups in total. The molecule has 0 aliphatic heterocycles. The fraction of sp³-hybridized carbons (Fsp3) is 0.611. The number of ether oxygens (including phenoxy) is 2. The van der Waals surface area contributed by atoms with E-state index in [-0.39, 0.29) is 30.9 Å². The molecule has 5 nitrogen and oxygen atoms in total. The van der Waals surface area contributed by atoms with E-state index in [1.807, 2.05) is 24.3 Å². The first kappa shape index (κ1) is 17.8. The van der Waals surface area contributed by atoms with Crippen LogP contribution in [0.3, 0.4) is 0 Å². The monoisotopic (exact) mass is 321 g/mol. The lowest BCUT2D eigenvalue weighted by Crippen LogP contribution is -2.35. The van der Waals surface area contributed by atoms with Gasteiger partial charge in [-0.3, -0.25) is 4.79 Å². The molecule has 0 spiro atoms. The second kappa shape index (κ2) is 8.31. The Morgan fingerprint density at radius 1 is 1.35 bits per heavy atom. The van der Waals surface area contributed by atoms with Crippen molar-refractivity contribution < 1.29 is 19.4 Å². The highest BCUT2D eigenvalue weighted by Crippen LogP contribution is 2.50. The number of carbonyl (C=O) groups excluding carboxylic acids is 1. The number of nitrogens with one attached hydrogen (secondary N) is 1. The molecule has 0 saturated heterocycles. The maximum absolute atomic E-state index is 12.2. The molecule has 0 aromatic heterocycles. The van der Waals surface area contributed by atoms with Crippen LogP contribution in [-0.2, 0) is 9.53 Å². The average molecular weight is 321 g/mol. The van der Waals surface area contributed by atoms with Gasteiger partial charge in [-0.25, -0.2) is 0 Å². The molecule has 1 aliphatic rings. The fourth-order valence-corrected chi connectivity index (χ4v) is 2.65. The van der Waals surface area contributed by atoms with Crippen molar-refractivity contribution >= 4 is 5.91 Å². The summed E-state index contributed by atoms with van der Waals surface area (Å²) in [7, 11) is 1.64. The van der Waals surface area contributed by atoms with E-state index >= 15 is 0 Å². The molecular weight excluding hydrogens is 294 g/mol. The zero-order valence-electron chi connectivity index (χ0n) is 14.1. The molecule has 1 aliphatic carbocycles. The minimum Gasteiger partial charge on any atom is -0.496 e. The van der Waals surface area contributed by atoms with Crippen LogP contribution in [0.5, 0.6) is 5.75 Å². The van der Waals surface area contributed by atoms with Crippen LogP contribution < -0.4 is 10.1 Å². The number of amides is 1. The minimum absolute atomic E-state index is 0.0104. The van der Waals surface area contributed by atoms with Gasteiger partial charge in [0.05, 0.1) is 19.8 Å². The van der Waals surface area contributed by atoms with Gasteiger partial charge in [-0.15, -0.1) is 0 Å². The van der Waals surface area contributed by atoms with Crippen molar-refractivity contribution in [2.45, 2.75) is 32.3 Å². The normalized spacial score (nSPS) is 21.1. The SMILES string of the molecule is COc1ccccc1[C@@H]1C[C@@H]1C(=O)NC[C@H](O)COCC(C)C.